The first-order valence-corrected chi connectivity index (χ1v) is 11.8. The topological polar surface area (TPSA) is 89.3 Å². The molecule has 1 atom stereocenters. The molecule has 0 radical (unpaired) electrons. The highest BCUT2D eigenvalue weighted by molar-refractivity contribution is 7.99. The van der Waals surface area contributed by atoms with E-state index in [1.165, 1.54) is 23.1 Å². The number of rotatable bonds is 5. The second kappa shape index (κ2) is 7.78. The van der Waals surface area contributed by atoms with Crippen molar-refractivity contribution in [2.24, 2.45) is 0 Å². The third kappa shape index (κ3) is 3.36. The van der Waals surface area contributed by atoms with Gasteiger partial charge in [0.15, 0.2) is 0 Å². The summed E-state index contributed by atoms with van der Waals surface area (Å²) < 4.78 is 1.72. The number of H-pyrrole nitrogens is 1. The summed E-state index contributed by atoms with van der Waals surface area (Å²) in [6.07, 6.45) is 0. The molecule has 1 aromatic carbocycles. The molecule has 4 heterocycles. The van der Waals surface area contributed by atoms with Gasteiger partial charge < -0.3 is 4.98 Å². The monoisotopic (exact) mass is 452 g/mol. The molecule has 0 aliphatic carbocycles. The number of aryl methyl sites for hydroxylation is 1. The van der Waals surface area contributed by atoms with Gasteiger partial charge in [0.25, 0.3) is 5.56 Å². The Morgan fingerprint density at radius 1 is 1.17 bits per heavy atom. The highest BCUT2D eigenvalue weighted by Gasteiger charge is 2.20. The van der Waals surface area contributed by atoms with Crippen molar-refractivity contribution in [1.82, 2.24) is 30.2 Å². The van der Waals surface area contributed by atoms with Crippen LogP contribution >= 0.6 is 34.4 Å². The van der Waals surface area contributed by atoms with E-state index < -0.39 is 0 Å². The van der Waals surface area contributed by atoms with E-state index in [1.807, 2.05) is 61.0 Å². The molecule has 5 rings (SSSR count). The van der Waals surface area contributed by atoms with Crippen molar-refractivity contribution >= 4 is 44.7 Å². The number of nitrogens with zero attached hydrogens (tertiary/aromatic N) is 5. The minimum Gasteiger partial charge on any atom is -0.309 e. The summed E-state index contributed by atoms with van der Waals surface area (Å²) in [7, 11) is 0. The molecule has 150 valence electrons. The third-order valence-corrected chi connectivity index (χ3v) is 7.52. The molecule has 30 heavy (non-hydrogen) atoms. The number of tetrazole rings is 1. The molecule has 1 unspecified atom stereocenters. The summed E-state index contributed by atoms with van der Waals surface area (Å²) in [6.45, 7) is 4.00. The lowest BCUT2D eigenvalue weighted by Crippen LogP contribution is -2.12. The van der Waals surface area contributed by atoms with E-state index in [9.17, 15) is 4.79 Å². The van der Waals surface area contributed by atoms with Crippen molar-refractivity contribution < 1.29 is 0 Å². The average molecular weight is 453 g/mol. The normalized spacial score (nSPS) is 12.5. The fourth-order valence-electron chi connectivity index (χ4n) is 3.19. The van der Waals surface area contributed by atoms with E-state index >= 15 is 0 Å². The Morgan fingerprint density at radius 2 is 2.03 bits per heavy atom. The highest BCUT2D eigenvalue weighted by Crippen LogP contribution is 2.36. The van der Waals surface area contributed by atoms with Crippen LogP contribution in [-0.2, 0) is 0 Å². The van der Waals surface area contributed by atoms with Crippen molar-refractivity contribution in [3.05, 3.63) is 68.9 Å². The third-order valence-electron chi connectivity index (χ3n) is 4.70. The zero-order chi connectivity index (χ0) is 20.7. The summed E-state index contributed by atoms with van der Waals surface area (Å²) in [5.74, 6) is 0.608. The first kappa shape index (κ1) is 19.2. The first-order valence-electron chi connectivity index (χ1n) is 9.18. The number of fused-ring (bicyclic) bond motifs is 1. The summed E-state index contributed by atoms with van der Waals surface area (Å²) in [6, 6.07) is 11.9. The Kier molecular flexibility index (Phi) is 4.97. The van der Waals surface area contributed by atoms with Gasteiger partial charge in [0, 0.05) is 15.8 Å². The number of benzene rings is 1. The zero-order valence-electron chi connectivity index (χ0n) is 16.1. The molecule has 0 bridgehead atoms. The molecule has 0 aliphatic heterocycles. The van der Waals surface area contributed by atoms with Gasteiger partial charge in [-0.15, -0.1) is 27.8 Å². The number of hydrogen-bond donors (Lipinski definition) is 1. The Balaban J connectivity index is 1.48. The van der Waals surface area contributed by atoms with Crippen LogP contribution in [0.15, 0.2) is 57.1 Å². The molecular weight excluding hydrogens is 436 g/mol. The number of nitrogens with one attached hydrogen (secondary N) is 1. The molecule has 7 nitrogen and oxygen atoms in total. The van der Waals surface area contributed by atoms with Gasteiger partial charge in [0.1, 0.15) is 10.7 Å². The molecule has 0 amide bonds. The minimum atomic E-state index is -0.136. The second-order valence-corrected chi connectivity index (χ2v) is 9.79. The molecule has 0 spiro atoms. The van der Waals surface area contributed by atoms with E-state index in [2.05, 4.69) is 20.5 Å². The van der Waals surface area contributed by atoms with Crippen LogP contribution in [0.4, 0.5) is 0 Å². The SMILES string of the molecule is Cc1ccccc1-n1nnnc1SC(C)c1nc2scc(-c3cccs3)c2c(=O)[nH]1. The average Bonchev–Trinajstić information content (AvgIpc) is 3.48. The maximum atomic E-state index is 12.9. The fourth-order valence-corrected chi connectivity index (χ4v) is 5.82. The minimum absolute atomic E-state index is 0.120. The molecule has 0 saturated carbocycles. The van der Waals surface area contributed by atoms with E-state index in [0.717, 1.165) is 26.5 Å². The number of thiophene rings is 2. The maximum absolute atomic E-state index is 12.9. The molecule has 5 aromatic rings. The van der Waals surface area contributed by atoms with Gasteiger partial charge in [0.05, 0.1) is 16.3 Å². The molecule has 10 heteroatoms. The lowest BCUT2D eigenvalue weighted by Gasteiger charge is -2.11. The van der Waals surface area contributed by atoms with Gasteiger partial charge in [-0.05, 0) is 47.4 Å². The molecule has 1 N–H and O–H groups in total. The largest absolute Gasteiger partial charge is 0.309 e. The van der Waals surface area contributed by atoms with Gasteiger partial charge in [-0.2, -0.15) is 4.68 Å². The maximum Gasteiger partial charge on any atom is 0.260 e. The second-order valence-electron chi connectivity index (χ2n) is 6.68. The van der Waals surface area contributed by atoms with Crippen LogP contribution in [-0.4, -0.2) is 30.2 Å². The Morgan fingerprint density at radius 3 is 2.83 bits per heavy atom. The van der Waals surface area contributed by atoms with Crippen molar-refractivity contribution in [1.29, 1.82) is 0 Å². The van der Waals surface area contributed by atoms with Gasteiger partial charge >= 0.3 is 0 Å². The number of thioether (sulfide) groups is 1. The van der Waals surface area contributed by atoms with Crippen LogP contribution in [0.5, 0.6) is 0 Å². The predicted molar refractivity (Wildman–Crippen MR) is 122 cm³/mol. The quantitative estimate of drug-likeness (QED) is 0.384. The van der Waals surface area contributed by atoms with Gasteiger partial charge in [-0.3, -0.25) is 4.79 Å². The van der Waals surface area contributed by atoms with Crippen molar-refractivity contribution in [3.8, 4) is 16.1 Å². The van der Waals surface area contributed by atoms with Gasteiger partial charge in [0.2, 0.25) is 5.16 Å². The lowest BCUT2D eigenvalue weighted by molar-refractivity contribution is 0.749. The Hall–Kier alpha value is -2.82. The molecule has 4 aromatic heterocycles. The van der Waals surface area contributed by atoms with Crippen molar-refractivity contribution in [2.45, 2.75) is 24.3 Å². The highest BCUT2D eigenvalue weighted by atomic mass is 32.2. The number of hydrogen-bond acceptors (Lipinski definition) is 8. The van der Waals surface area contributed by atoms with Crippen LogP contribution in [0.25, 0.3) is 26.3 Å². The smallest absolute Gasteiger partial charge is 0.260 e. The fraction of sp³-hybridized carbons (Fsp3) is 0.150. The van der Waals surface area contributed by atoms with Crippen LogP contribution < -0.4 is 5.56 Å². The molecule has 0 aliphatic rings. The first-order chi connectivity index (χ1) is 14.6. The van der Waals surface area contributed by atoms with Crippen LogP contribution in [0, 0.1) is 6.92 Å². The van der Waals surface area contributed by atoms with Crippen molar-refractivity contribution in [3.63, 3.8) is 0 Å². The Labute approximate surface area is 183 Å². The van der Waals surface area contributed by atoms with Crippen LogP contribution in [0.1, 0.15) is 23.6 Å². The van der Waals surface area contributed by atoms with E-state index in [4.69, 9.17) is 4.98 Å². The molecule has 0 saturated heterocycles. The predicted octanol–water partition coefficient (Wildman–Crippen LogP) is 4.85. The lowest BCUT2D eigenvalue weighted by atomic mass is 10.2. The van der Waals surface area contributed by atoms with Gasteiger partial charge in [-0.25, -0.2) is 4.98 Å². The summed E-state index contributed by atoms with van der Waals surface area (Å²) >= 11 is 4.56. The van der Waals surface area contributed by atoms with E-state index in [-0.39, 0.29) is 10.8 Å². The summed E-state index contributed by atoms with van der Waals surface area (Å²) in [4.78, 5) is 22.4. The standard InChI is InChI=1S/C20H16N6OS3/c1-11-6-3-4-7-14(11)26-20(23-24-25-26)30-12(2)17-21-18(27)16-13(10-29-19(16)22-17)15-8-5-9-28-15/h3-10,12H,1-2H3,(H,21,22,27). The van der Waals surface area contributed by atoms with E-state index in [0.29, 0.717) is 16.4 Å². The summed E-state index contributed by atoms with van der Waals surface area (Å²) in [5.41, 5.74) is 2.82. The number of para-hydroxylation sites is 1. The van der Waals surface area contributed by atoms with Crippen LogP contribution in [0.2, 0.25) is 0 Å². The zero-order valence-corrected chi connectivity index (χ0v) is 18.5. The number of aromatic nitrogens is 6. The number of aromatic amines is 1. The van der Waals surface area contributed by atoms with Crippen molar-refractivity contribution in [2.75, 3.05) is 0 Å². The van der Waals surface area contributed by atoms with Gasteiger partial charge in [-0.1, -0.05) is 36.0 Å². The van der Waals surface area contributed by atoms with E-state index in [1.54, 1.807) is 16.0 Å². The molecular formula is C20H16N6OS3. The molecule has 0 fully saturated rings. The van der Waals surface area contributed by atoms with Crippen LogP contribution in [0.3, 0.4) is 0 Å². The Bertz CT molecular complexity index is 1390. The summed E-state index contributed by atoms with van der Waals surface area (Å²) in [5, 5.41) is 17.3.